The Balaban J connectivity index is 2.28. The van der Waals surface area contributed by atoms with E-state index in [9.17, 15) is 14.9 Å². The number of thiazole rings is 1. The fourth-order valence-electron chi connectivity index (χ4n) is 1.88. The molecule has 1 aromatic heterocycles. The van der Waals surface area contributed by atoms with Crippen molar-refractivity contribution >= 4 is 22.9 Å². The molecule has 1 heterocycles. The molecule has 0 fully saturated rings. The van der Waals surface area contributed by atoms with Gasteiger partial charge in [-0.3, -0.25) is 19.9 Å². The van der Waals surface area contributed by atoms with E-state index in [1.807, 2.05) is 6.92 Å². The zero-order valence-electron chi connectivity index (χ0n) is 11.0. The minimum Gasteiger partial charge on any atom is -0.344 e. The van der Waals surface area contributed by atoms with Crippen molar-refractivity contribution in [3.8, 4) is 0 Å². The van der Waals surface area contributed by atoms with Crippen molar-refractivity contribution in [1.29, 1.82) is 0 Å². The van der Waals surface area contributed by atoms with E-state index in [-0.39, 0.29) is 17.3 Å². The fourth-order valence-corrected chi connectivity index (χ4v) is 2.51. The normalized spacial score (nSPS) is 11.9. The Bertz CT molecular complexity index is 640. The third kappa shape index (κ3) is 2.83. The molecule has 0 spiro atoms. The summed E-state index contributed by atoms with van der Waals surface area (Å²) in [4.78, 5) is 27.6. The number of nitro groups is 1. The van der Waals surface area contributed by atoms with Gasteiger partial charge >= 0.3 is 0 Å². The van der Waals surface area contributed by atoms with Crippen LogP contribution in [0.3, 0.4) is 0 Å². The molecule has 0 aliphatic heterocycles. The van der Waals surface area contributed by atoms with Gasteiger partial charge in [-0.25, -0.2) is 0 Å². The third-order valence-electron chi connectivity index (χ3n) is 2.90. The quantitative estimate of drug-likeness (QED) is 0.693. The molecule has 1 amide bonds. The van der Waals surface area contributed by atoms with Crippen molar-refractivity contribution in [2.24, 2.45) is 0 Å². The Hall–Kier alpha value is -2.28. The number of hydrogen-bond acceptors (Lipinski definition) is 5. The summed E-state index contributed by atoms with van der Waals surface area (Å²) < 4.78 is 0. The van der Waals surface area contributed by atoms with Crippen LogP contribution in [-0.2, 0) is 0 Å². The van der Waals surface area contributed by atoms with Gasteiger partial charge < -0.3 is 5.32 Å². The molecule has 0 radical (unpaired) electrons. The van der Waals surface area contributed by atoms with Crippen LogP contribution >= 0.6 is 11.3 Å². The molecular formula is C13H13N3O3S. The maximum absolute atomic E-state index is 12.3. The van der Waals surface area contributed by atoms with Gasteiger partial charge in [-0.05, 0) is 19.4 Å². The second kappa shape index (κ2) is 5.79. The lowest BCUT2D eigenvalue weighted by Gasteiger charge is -2.13. The number of amides is 1. The molecule has 0 unspecified atom stereocenters. The molecule has 2 rings (SSSR count). The second-order valence-electron chi connectivity index (χ2n) is 4.33. The second-order valence-corrected chi connectivity index (χ2v) is 5.24. The van der Waals surface area contributed by atoms with Crippen molar-refractivity contribution in [1.82, 2.24) is 10.3 Å². The van der Waals surface area contributed by atoms with E-state index in [2.05, 4.69) is 10.3 Å². The summed E-state index contributed by atoms with van der Waals surface area (Å²) >= 11 is 1.42. The highest BCUT2D eigenvalue weighted by atomic mass is 32.1. The zero-order valence-corrected chi connectivity index (χ0v) is 11.8. The zero-order chi connectivity index (χ0) is 14.7. The minimum absolute atomic E-state index is 0.105. The largest absolute Gasteiger partial charge is 0.344 e. The summed E-state index contributed by atoms with van der Waals surface area (Å²) in [7, 11) is 0. The van der Waals surface area contributed by atoms with Gasteiger partial charge in [-0.2, -0.15) is 0 Å². The van der Waals surface area contributed by atoms with Crippen LogP contribution < -0.4 is 5.32 Å². The minimum atomic E-state index is -0.542. The number of aryl methyl sites for hydroxylation is 1. The van der Waals surface area contributed by atoms with Crippen LogP contribution in [0.1, 0.15) is 33.8 Å². The topological polar surface area (TPSA) is 85.1 Å². The van der Waals surface area contributed by atoms with Gasteiger partial charge in [0.05, 0.1) is 16.5 Å². The number of carbonyl (C=O) groups excluding carboxylic acids is 1. The van der Waals surface area contributed by atoms with Gasteiger partial charge in [-0.1, -0.05) is 12.1 Å². The number of nitro benzene ring substituents is 1. The number of benzene rings is 1. The molecule has 1 N–H and O–H groups in total. The predicted octanol–water partition coefficient (Wildman–Crippen LogP) is 2.85. The molecule has 0 bridgehead atoms. The summed E-state index contributed by atoms with van der Waals surface area (Å²) in [6, 6.07) is 4.34. The summed E-state index contributed by atoms with van der Waals surface area (Å²) in [5.41, 5.74) is 2.18. The number of aromatic nitrogens is 1. The van der Waals surface area contributed by atoms with Crippen LogP contribution in [0, 0.1) is 17.0 Å². The first kappa shape index (κ1) is 14.1. The molecule has 1 atom stereocenters. The first-order valence-corrected chi connectivity index (χ1v) is 6.82. The van der Waals surface area contributed by atoms with Gasteiger partial charge in [0.25, 0.3) is 11.6 Å². The number of rotatable bonds is 4. The van der Waals surface area contributed by atoms with Crippen molar-refractivity contribution in [3.05, 3.63) is 56.0 Å². The fraction of sp³-hybridized carbons (Fsp3) is 0.231. The van der Waals surface area contributed by atoms with E-state index in [0.717, 1.165) is 4.88 Å². The van der Waals surface area contributed by atoms with Crippen LogP contribution in [0.2, 0.25) is 0 Å². The van der Waals surface area contributed by atoms with Crippen LogP contribution in [0.25, 0.3) is 0 Å². The monoisotopic (exact) mass is 291 g/mol. The van der Waals surface area contributed by atoms with Gasteiger partial charge in [0.1, 0.15) is 5.56 Å². The first-order valence-electron chi connectivity index (χ1n) is 5.94. The van der Waals surface area contributed by atoms with Crippen LogP contribution in [0.15, 0.2) is 29.9 Å². The molecule has 0 saturated carbocycles. The average Bonchev–Trinajstić information content (AvgIpc) is 2.91. The summed E-state index contributed by atoms with van der Waals surface area (Å²) in [6.45, 7) is 3.49. The Morgan fingerprint density at radius 1 is 1.50 bits per heavy atom. The lowest BCUT2D eigenvalue weighted by molar-refractivity contribution is -0.385. The van der Waals surface area contributed by atoms with Gasteiger partial charge in [0.15, 0.2) is 0 Å². The smallest absolute Gasteiger partial charge is 0.282 e. The standard InChI is InChI=1S/C13H13N3O3S/c1-8-4-3-5-10(16(18)19)12(8)13(17)15-9(2)11-6-14-7-20-11/h3-7,9H,1-2H3,(H,15,17)/t9-/m0/s1. The average molecular weight is 291 g/mol. The molecule has 104 valence electrons. The highest BCUT2D eigenvalue weighted by Crippen LogP contribution is 2.23. The lowest BCUT2D eigenvalue weighted by atomic mass is 10.1. The predicted molar refractivity (Wildman–Crippen MR) is 75.8 cm³/mol. The van der Waals surface area contributed by atoms with E-state index < -0.39 is 10.8 Å². The van der Waals surface area contributed by atoms with E-state index >= 15 is 0 Å². The molecule has 0 aliphatic carbocycles. The maximum atomic E-state index is 12.3. The first-order chi connectivity index (χ1) is 9.50. The summed E-state index contributed by atoms with van der Waals surface area (Å²) in [5.74, 6) is -0.448. The van der Waals surface area contributed by atoms with Crippen molar-refractivity contribution in [2.75, 3.05) is 0 Å². The molecule has 0 aliphatic rings. The number of carbonyl (C=O) groups is 1. The molecular weight excluding hydrogens is 278 g/mol. The van der Waals surface area contributed by atoms with E-state index in [1.54, 1.807) is 30.8 Å². The highest BCUT2D eigenvalue weighted by Gasteiger charge is 2.23. The maximum Gasteiger partial charge on any atom is 0.282 e. The number of hydrogen-bond donors (Lipinski definition) is 1. The van der Waals surface area contributed by atoms with Gasteiger partial charge in [0.2, 0.25) is 0 Å². The molecule has 1 aromatic carbocycles. The van der Waals surface area contributed by atoms with Crippen LogP contribution in [-0.4, -0.2) is 15.8 Å². The van der Waals surface area contributed by atoms with Crippen LogP contribution in [0.5, 0.6) is 0 Å². The molecule has 20 heavy (non-hydrogen) atoms. The highest BCUT2D eigenvalue weighted by molar-refractivity contribution is 7.09. The lowest BCUT2D eigenvalue weighted by Crippen LogP contribution is -2.27. The molecule has 0 saturated heterocycles. The van der Waals surface area contributed by atoms with E-state index in [4.69, 9.17) is 0 Å². The van der Waals surface area contributed by atoms with Crippen molar-refractivity contribution in [3.63, 3.8) is 0 Å². The Kier molecular flexibility index (Phi) is 4.09. The Morgan fingerprint density at radius 3 is 2.85 bits per heavy atom. The van der Waals surface area contributed by atoms with Gasteiger partial charge in [0, 0.05) is 17.1 Å². The Labute approximate surface area is 119 Å². The van der Waals surface area contributed by atoms with E-state index in [0.29, 0.717) is 5.56 Å². The van der Waals surface area contributed by atoms with Crippen molar-refractivity contribution < 1.29 is 9.72 Å². The Morgan fingerprint density at radius 2 is 2.25 bits per heavy atom. The number of nitrogens with zero attached hydrogens (tertiary/aromatic N) is 2. The summed E-state index contributed by atoms with van der Waals surface area (Å²) in [5, 5.41) is 13.8. The number of nitrogens with one attached hydrogen (secondary N) is 1. The molecule has 6 nitrogen and oxygen atoms in total. The van der Waals surface area contributed by atoms with E-state index in [1.165, 1.54) is 17.4 Å². The third-order valence-corrected chi connectivity index (χ3v) is 3.86. The molecule has 7 heteroatoms. The van der Waals surface area contributed by atoms with Crippen LogP contribution in [0.4, 0.5) is 5.69 Å². The summed E-state index contributed by atoms with van der Waals surface area (Å²) in [6.07, 6.45) is 1.67. The van der Waals surface area contributed by atoms with Gasteiger partial charge in [-0.15, -0.1) is 11.3 Å². The molecule has 2 aromatic rings. The SMILES string of the molecule is Cc1cccc([N+](=O)[O-])c1C(=O)N[C@@H](C)c1cncs1. The van der Waals surface area contributed by atoms with Crippen molar-refractivity contribution in [2.45, 2.75) is 19.9 Å².